The van der Waals surface area contributed by atoms with Gasteiger partial charge in [0.2, 0.25) is 5.88 Å². The zero-order valence-corrected chi connectivity index (χ0v) is 15.6. The fourth-order valence-electron chi connectivity index (χ4n) is 3.66. The van der Waals surface area contributed by atoms with Crippen LogP contribution >= 0.6 is 0 Å². The molecule has 0 saturated carbocycles. The van der Waals surface area contributed by atoms with Gasteiger partial charge in [0.25, 0.3) is 5.91 Å². The quantitative estimate of drug-likeness (QED) is 0.437. The number of carbonyl (C=O) groups excluding carboxylic acids is 1. The first kappa shape index (κ1) is 17.2. The third-order valence-corrected chi connectivity index (χ3v) is 5.01. The average Bonchev–Trinajstić information content (AvgIpc) is 3.12. The Morgan fingerprint density at radius 3 is 2.59 bits per heavy atom. The number of aromatic nitrogens is 1. The summed E-state index contributed by atoms with van der Waals surface area (Å²) in [7, 11) is 0. The predicted molar refractivity (Wildman–Crippen MR) is 113 cm³/mol. The standard InChI is InChI=1S/C25H18N2O2/c28-25(18-7-5-8-21(16-18)29-24-10-3-4-13-26-24)27-20-11-12-23-19(15-20)14-17-6-1-2-9-22(17)23/h1-13,15-16H,14H2,(H,27,28). The number of pyridine rings is 1. The minimum Gasteiger partial charge on any atom is -0.439 e. The molecular weight excluding hydrogens is 360 g/mol. The van der Waals surface area contributed by atoms with Crippen molar-refractivity contribution < 1.29 is 9.53 Å². The molecule has 4 aromatic rings. The number of nitrogens with one attached hydrogen (secondary N) is 1. The third-order valence-electron chi connectivity index (χ3n) is 5.01. The van der Waals surface area contributed by atoms with Crippen molar-refractivity contribution in [1.82, 2.24) is 4.98 Å². The lowest BCUT2D eigenvalue weighted by atomic mass is 10.1. The van der Waals surface area contributed by atoms with E-state index in [0.29, 0.717) is 17.2 Å². The third kappa shape index (κ3) is 3.48. The number of hydrogen-bond acceptors (Lipinski definition) is 3. The molecule has 5 rings (SSSR count). The van der Waals surface area contributed by atoms with Crippen molar-refractivity contribution in [2.24, 2.45) is 0 Å². The molecular formula is C25H18N2O2. The van der Waals surface area contributed by atoms with Crippen LogP contribution in [0.2, 0.25) is 0 Å². The second-order valence-electron chi connectivity index (χ2n) is 6.96. The van der Waals surface area contributed by atoms with Gasteiger partial charge in [0.15, 0.2) is 0 Å². The second kappa shape index (κ2) is 7.24. The van der Waals surface area contributed by atoms with Crippen LogP contribution in [-0.4, -0.2) is 10.9 Å². The summed E-state index contributed by atoms with van der Waals surface area (Å²) in [5.41, 5.74) is 6.39. The maximum Gasteiger partial charge on any atom is 0.255 e. The van der Waals surface area contributed by atoms with Gasteiger partial charge in [0.1, 0.15) is 5.75 Å². The van der Waals surface area contributed by atoms with Gasteiger partial charge in [0, 0.05) is 23.5 Å². The molecule has 0 radical (unpaired) electrons. The number of benzene rings is 3. The van der Waals surface area contributed by atoms with Crippen LogP contribution < -0.4 is 10.1 Å². The lowest BCUT2D eigenvalue weighted by molar-refractivity contribution is 0.102. The molecule has 1 heterocycles. The molecule has 0 atom stereocenters. The molecule has 1 aliphatic rings. The van der Waals surface area contributed by atoms with Gasteiger partial charge in [-0.2, -0.15) is 0 Å². The Labute approximate surface area is 168 Å². The highest BCUT2D eigenvalue weighted by Gasteiger charge is 2.18. The summed E-state index contributed by atoms with van der Waals surface area (Å²) in [6.07, 6.45) is 2.56. The van der Waals surface area contributed by atoms with Gasteiger partial charge in [-0.3, -0.25) is 4.79 Å². The normalized spacial score (nSPS) is 11.4. The fourth-order valence-corrected chi connectivity index (χ4v) is 3.66. The molecule has 1 aromatic heterocycles. The zero-order chi connectivity index (χ0) is 19.6. The van der Waals surface area contributed by atoms with Crippen LogP contribution in [0, 0.1) is 0 Å². The Hall–Kier alpha value is -3.92. The largest absolute Gasteiger partial charge is 0.439 e. The highest BCUT2D eigenvalue weighted by atomic mass is 16.5. The van der Waals surface area contributed by atoms with Gasteiger partial charge in [0.05, 0.1) is 0 Å². The summed E-state index contributed by atoms with van der Waals surface area (Å²) in [5.74, 6) is 0.885. The number of ether oxygens (including phenoxy) is 1. The summed E-state index contributed by atoms with van der Waals surface area (Å²) >= 11 is 0. The molecule has 1 aliphatic carbocycles. The van der Waals surface area contributed by atoms with E-state index >= 15 is 0 Å². The maximum absolute atomic E-state index is 12.8. The summed E-state index contributed by atoms with van der Waals surface area (Å²) in [5, 5.41) is 3.00. The van der Waals surface area contributed by atoms with E-state index in [1.54, 1.807) is 36.5 Å². The minimum absolute atomic E-state index is 0.174. The minimum atomic E-state index is -0.174. The van der Waals surface area contributed by atoms with E-state index in [-0.39, 0.29) is 5.91 Å². The van der Waals surface area contributed by atoms with E-state index in [1.165, 1.54) is 22.3 Å². The van der Waals surface area contributed by atoms with Crippen LogP contribution in [0.4, 0.5) is 5.69 Å². The van der Waals surface area contributed by atoms with Gasteiger partial charge in [-0.1, -0.05) is 42.5 Å². The van der Waals surface area contributed by atoms with Crippen molar-refractivity contribution in [1.29, 1.82) is 0 Å². The van der Waals surface area contributed by atoms with Crippen molar-refractivity contribution in [3.8, 4) is 22.8 Å². The van der Waals surface area contributed by atoms with Crippen molar-refractivity contribution >= 4 is 11.6 Å². The molecule has 1 amide bonds. The predicted octanol–water partition coefficient (Wildman–Crippen LogP) is 5.70. The summed E-state index contributed by atoms with van der Waals surface area (Å²) < 4.78 is 5.72. The lowest BCUT2D eigenvalue weighted by Crippen LogP contribution is -2.12. The Bertz CT molecular complexity index is 1200. The Balaban J connectivity index is 1.34. The maximum atomic E-state index is 12.8. The van der Waals surface area contributed by atoms with Gasteiger partial charge in [-0.25, -0.2) is 4.98 Å². The molecule has 0 aliphatic heterocycles. The first-order valence-corrected chi connectivity index (χ1v) is 9.48. The number of nitrogens with zero attached hydrogens (tertiary/aromatic N) is 1. The van der Waals surface area contributed by atoms with Gasteiger partial charge >= 0.3 is 0 Å². The smallest absolute Gasteiger partial charge is 0.255 e. The highest BCUT2D eigenvalue weighted by Crippen LogP contribution is 2.37. The molecule has 0 bridgehead atoms. The van der Waals surface area contributed by atoms with E-state index in [0.717, 1.165) is 12.1 Å². The molecule has 4 heteroatoms. The topological polar surface area (TPSA) is 51.2 Å². The van der Waals surface area contributed by atoms with Crippen LogP contribution in [-0.2, 0) is 6.42 Å². The van der Waals surface area contributed by atoms with E-state index in [4.69, 9.17) is 4.74 Å². The SMILES string of the molecule is O=C(Nc1ccc2c(c1)Cc1ccccc1-2)c1cccc(Oc2ccccn2)c1. The molecule has 0 saturated heterocycles. The van der Waals surface area contributed by atoms with Crippen LogP contribution in [0.1, 0.15) is 21.5 Å². The number of amides is 1. The van der Waals surface area contributed by atoms with Gasteiger partial charge in [-0.05, 0) is 65.1 Å². The van der Waals surface area contributed by atoms with Crippen molar-refractivity contribution in [3.63, 3.8) is 0 Å². The number of fused-ring (bicyclic) bond motifs is 3. The van der Waals surface area contributed by atoms with Crippen molar-refractivity contribution in [2.45, 2.75) is 6.42 Å². The van der Waals surface area contributed by atoms with Crippen molar-refractivity contribution in [2.75, 3.05) is 5.32 Å². The van der Waals surface area contributed by atoms with Gasteiger partial charge in [-0.15, -0.1) is 0 Å². The first-order chi connectivity index (χ1) is 14.3. The Morgan fingerprint density at radius 1 is 0.828 bits per heavy atom. The first-order valence-electron chi connectivity index (χ1n) is 9.48. The Kier molecular flexibility index (Phi) is 4.30. The Morgan fingerprint density at radius 2 is 1.69 bits per heavy atom. The van der Waals surface area contributed by atoms with Crippen LogP contribution in [0.15, 0.2) is 91.1 Å². The van der Waals surface area contributed by atoms with E-state index in [1.807, 2.05) is 18.2 Å². The number of rotatable bonds is 4. The van der Waals surface area contributed by atoms with E-state index in [2.05, 4.69) is 46.7 Å². The average molecular weight is 378 g/mol. The summed E-state index contributed by atoms with van der Waals surface area (Å²) in [4.78, 5) is 16.9. The molecule has 0 spiro atoms. The molecule has 140 valence electrons. The monoisotopic (exact) mass is 378 g/mol. The van der Waals surface area contributed by atoms with Crippen LogP contribution in [0.3, 0.4) is 0 Å². The molecule has 29 heavy (non-hydrogen) atoms. The highest BCUT2D eigenvalue weighted by molar-refractivity contribution is 6.04. The molecule has 3 aromatic carbocycles. The number of carbonyl (C=O) groups is 1. The van der Waals surface area contributed by atoms with E-state index in [9.17, 15) is 4.79 Å². The zero-order valence-electron chi connectivity index (χ0n) is 15.6. The summed E-state index contributed by atoms with van der Waals surface area (Å²) in [6.45, 7) is 0. The molecule has 0 unspecified atom stereocenters. The molecule has 1 N–H and O–H groups in total. The van der Waals surface area contributed by atoms with Crippen LogP contribution in [0.25, 0.3) is 11.1 Å². The molecule has 0 fully saturated rings. The summed E-state index contributed by atoms with van der Waals surface area (Å²) in [6, 6.07) is 27.0. The molecule has 4 nitrogen and oxygen atoms in total. The van der Waals surface area contributed by atoms with E-state index < -0.39 is 0 Å². The fraction of sp³-hybridized carbons (Fsp3) is 0.0400. The van der Waals surface area contributed by atoms with Crippen molar-refractivity contribution in [3.05, 3.63) is 108 Å². The number of hydrogen-bond donors (Lipinski definition) is 1. The van der Waals surface area contributed by atoms with Crippen LogP contribution in [0.5, 0.6) is 11.6 Å². The van der Waals surface area contributed by atoms with Gasteiger partial charge < -0.3 is 10.1 Å². The second-order valence-corrected chi connectivity index (χ2v) is 6.96. The lowest BCUT2D eigenvalue weighted by Gasteiger charge is -2.09. The number of anilines is 1.